The van der Waals surface area contributed by atoms with E-state index in [2.05, 4.69) is 5.09 Å². The second-order valence-corrected chi connectivity index (χ2v) is 7.16. The van der Waals surface area contributed by atoms with Crippen molar-refractivity contribution in [2.75, 3.05) is 6.79 Å². The number of benzene rings is 1. The first-order chi connectivity index (χ1) is 11.2. The van der Waals surface area contributed by atoms with Crippen LogP contribution in [0.3, 0.4) is 0 Å². The molecule has 1 unspecified atom stereocenters. The Hall–Kier alpha value is -1.82. The highest BCUT2D eigenvalue weighted by atomic mass is 31.1. The summed E-state index contributed by atoms with van der Waals surface area (Å²) >= 11 is 0. The lowest BCUT2D eigenvalue weighted by Crippen LogP contribution is -2.31. The molecule has 132 valence electrons. The van der Waals surface area contributed by atoms with Crippen LogP contribution in [0.2, 0.25) is 0 Å². The lowest BCUT2D eigenvalue weighted by molar-refractivity contribution is -0.159. The van der Waals surface area contributed by atoms with Crippen LogP contribution in [0.1, 0.15) is 33.3 Å². The number of ether oxygens (including phenoxy) is 2. The van der Waals surface area contributed by atoms with Gasteiger partial charge in [0.25, 0.3) is 0 Å². The van der Waals surface area contributed by atoms with Gasteiger partial charge in [0, 0.05) is 0 Å². The highest BCUT2D eigenvalue weighted by molar-refractivity contribution is 7.36. The Bertz CT molecular complexity index is 570. The molecular formula is C16H23NO6P+. The van der Waals surface area contributed by atoms with Crippen molar-refractivity contribution in [2.24, 2.45) is 5.41 Å². The van der Waals surface area contributed by atoms with Crippen LogP contribution in [0, 0.1) is 5.41 Å². The van der Waals surface area contributed by atoms with Gasteiger partial charge in [0.2, 0.25) is 6.79 Å². The van der Waals surface area contributed by atoms with Crippen molar-refractivity contribution in [3.05, 3.63) is 35.9 Å². The molecule has 0 bridgehead atoms. The fourth-order valence-electron chi connectivity index (χ4n) is 1.45. The molecule has 0 amide bonds. The molecule has 0 heterocycles. The molecule has 0 saturated carbocycles. The van der Waals surface area contributed by atoms with Gasteiger partial charge in [0.1, 0.15) is 12.6 Å². The Balaban J connectivity index is 2.28. The predicted molar refractivity (Wildman–Crippen MR) is 87.9 cm³/mol. The SMILES string of the molecule is C[C@H](N[P+](=O)OCOC(=O)C(C)(C)C)C(=O)OCc1ccccc1. The molecule has 0 aliphatic carbocycles. The monoisotopic (exact) mass is 356 g/mol. The highest BCUT2D eigenvalue weighted by Gasteiger charge is 2.29. The molecular weight excluding hydrogens is 333 g/mol. The van der Waals surface area contributed by atoms with Gasteiger partial charge in [-0.3, -0.25) is 9.59 Å². The largest absolute Gasteiger partial charge is 0.617 e. The normalized spacial score (nSPS) is 13.1. The van der Waals surface area contributed by atoms with Crippen LogP contribution in [-0.2, 0) is 34.8 Å². The van der Waals surface area contributed by atoms with Crippen LogP contribution in [0.5, 0.6) is 0 Å². The first-order valence-electron chi connectivity index (χ1n) is 7.44. The van der Waals surface area contributed by atoms with E-state index in [-0.39, 0.29) is 6.61 Å². The quantitative estimate of drug-likeness (QED) is 0.435. The van der Waals surface area contributed by atoms with Crippen LogP contribution >= 0.6 is 8.18 Å². The Kier molecular flexibility index (Phi) is 7.98. The van der Waals surface area contributed by atoms with E-state index in [0.29, 0.717) is 0 Å². The van der Waals surface area contributed by atoms with Crippen molar-refractivity contribution < 1.29 is 28.2 Å². The van der Waals surface area contributed by atoms with Crippen molar-refractivity contribution in [3.63, 3.8) is 0 Å². The lowest BCUT2D eigenvalue weighted by atomic mass is 9.98. The van der Waals surface area contributed by atoms with Crippen LogP contribution in [-0.4, -0.2) is 24.8 Å². The van der Waals surface area contributed by atoms with Gasteiger partial charge in [0.15, 0.2) is 0 Å². The van der Waals surface area contributed by atoms with Crippen molar-refractivity contribution in [1.29, 1.82) is 0 Å². The molecule has 0 fully saturated rings. The lowest BCUT2D eigenvalue weighted by Gasteiger charge is -2.14. The summed E-state index contributed by atoms with van der Waals surface area (Å²) in [6.07, 6.45) is 0. The van der Waals surface area contributed by atoms with Gasteiger partial charge in [-0.1, -0.05) is 39.9 Å². The molecule has 0 aliphatic rings. The molecule has 7 nitrogen and oxygen atoms in total. The molecule has 1 aromatic carbocycles. The average Bonchev–Trinajstić information content (AvgIpc) is 2.52. The zero-order valence-corrected chi connectivity index (χ0v) is 15.2. The Morgan fingerprint density at radius 2 is 1.79 bits per heavy atom. The number of esters is 2. The fourth-order valence-corrected chi connectivity index (χ4v) is 2.09. The molecule has 0 aromatic heterocycles. The Morgan fingerprint density at radius 1 is 1.17 bits per heavy atom. The number of nitrogens with one attached hydrogen (secondary N) is 1. The van der Waals surface area contributed by atoms with E-state index in [9.17, 15) is 14.2 Å². The van der Waals surface area contributed by atoms with Gasteiger partial charge < -0.3 is 9.47 Å². The fraction of sp³-hybridized carbons (Fsp3) is 0.500. The molecule has 0 spiro atoms. The number of hydrogen-bond acceptors (Lipinski definition) is 6. The van der Waals surface area contributed by atoms with Crippen molar-refractivity contribution in [2.45, 2.75) is 40.3 Å². The molecule has 24 heavy (non-hydrogen) atoms. The van der Waals surface area contributed by atoms with Gasteiger partial charge >= 0.3 is 20.1 Å². The second kappa shape index (κ2) is 9.47. The molecule has 8 heteroatoms. The number of rotatable bonds is 8. The molecule has 1 N–H and O–H groups in total. The minimum Gasteiger partial charge on any atom is -0.460 e. The summed E-state index contributed by atoms with van der Waals surface area (Å²) in [4.78, 5) is 23.3. The third kappa shape index (κ3) is 7.64. The van der Waals surface area contributed by atoms with Crippen molar-refractivity contribution in [3.8, 4) is 0 Å². The zero-order valence-electron chi connectivity index (χ0n) is 14.3. The minimum atomic E-state index is -2.36. The van der Waals surface area contributed by atoms with Crippen LogP contribution in [0.25, 0.3) is 0 Å². The Labute approximate surface area is 142 Å². The maximum absolute atomic E-state index is 11.8. The standard InChI is InChI=1S/C16H23NO6P/c1-12(14(18)21-10-13-8-6-5-7-9-13)17-24(20)23-11-22-15(19)16(2,3)4/h5-9,12H,10-11H2,1-4H3,(H,17,20)/q+1/t12-/m0/s1. The summed E-state index contributed by atoms with van der Waals surface area (Å²) in [5, 5.41) is 2.45. The number of carbonyl (C=O) groups is 2. The molecule has 0 aliphatic heterocycles. The average molecular weight is 356 g/mol. The van der Waals surface area contributed by atoms with Gasteiger partial charge in [-0.2, -0.15) is 0 Å². The van der Waals surface area contributed by atoms with E-state index in [0.717, 1.165) is 5.56 Å². The molecule has 1 aromatic rings. The molecule has 1 rings (SSSR count). The maximum Gasteiger partial charge on any atom is 0.617 e. The summed E-state index contributed by atoms with van der Waals surface area (Å²) in [6, 6.07) is 8.39. The summed E-state index contributed by atoms with van der Waals surface area (Å²) in [6.45, 7) is 6.26. The number of hydrogen-bond donors (Lipinski definition) is 1. The van der Waals surface area contributed by atoms with E-state index in [1.54, 1.807) is 20.8 Å². The van der Waals surface area contributed by atoms with Crippen LogP contribution < -0.4 is 5.09 Å². The van der Waals surface area contributed by atoms with E-state index in [1.807, 2.05) is 30.3 Å². The summed E-state index contributed by atoms with van der Waals surface area (Å²) in [5.74, 6) is -1.03. The Morgan fingerprint density at radius 3 is 2.38 bits per heavy atom. The molecule has 0 radical (unpaired) electrons. The molecule has 0 saturated heterocycles. The smallest absolute Gasteiger partial charge is 0.460 e. The third-order valence-electron chi connectivity index (χ3n) is 2.85. The van der Waals surface area contributed by atoms with Crippen molar-refractivity contribution in [1.82, 2.24) is 5.09 Å². The van der Waals surface area contributed by atoms with Crippen LogP contribution in [0.15, 0.2) is 30.3 Å². The van der Waals surface area contributed by atoms with E-state index in [4.69, 9.17) is 14.0 Å². The second-order valence-electron chi connectivity index (χ2n) is 6.13. The van der Waals surface area contributed by atoms with E-state index >= 15 is 0 Å². The number of carbonyl (C=O) groups excluding carboxylic acids is 2. The summed E-state index contributed by atoms with van der Waals surface area (Å²) in [5.41, 5.74) is 0.185. The van der Waals surface area contributed by atoms with E-state index < -0.39 is 38.4 Å². The van der Waals surface area contributed by atoms with Crippen LogP contribution in [0.4, 0.5) is 0 Å². The predicted octanol–water partition coefficient (Wildman–Crippen LogP) is 2.93. The third-order valence-corrected chi connectivity index (χ3v) is 3.79. The summed E-state index contributed by atoms with van der Waals surface area (Å²) < 4.78 is 26.4. The minimum absolute atomic E-state index is 0.131. The topological polar surface area (TPSA) is 90.9 Å². The van der Waals surface area contributed by atoms with Gasteiger partial charge in [-0.25, -0.2) is 0 Å². The van der Waals surface area contributed by atoms with E-state index in [1.165, 1.54) is 6.92 Å². The summed E-state index contributed by atoms with van der Waals surface area (Å²) in [7, 11) is -2.36. The van der Waals surface area contributed by atoms with Gasteiger partial charge in [-0.05, 0) is 37.8 Å². The van der Waals surface area contributed by atoms with Gasteiger partial charge in [0.05, 0.1) is 5.41 Å². The van der Waals surface area contributed by atoms with Gasteiger partial charge in [-0.15, -0.1) is 0 Å². The highest BCUT2D eigenvalue weighted by Crippen LogP contribution is 2.20. The maximum atomic E-state index is 11.8. The first kappa shape index (κ1) is 20.2. The first-order valence-corrected chi connectivity index (χ1v) is 8.62. The van der Waals surface area contributed by atoms with Crippen molar-refractivity contribution >= 4 is 20.1 Å². The zero-order chi connectivity index (χ0) is 18.2. The molecule has 2 atom stereocenters.